The molecule has 1 saturated heterocycles. The molecular formula is C22H24ClN7O4S. The van der Waals surface area contributed by atoms with Crippen molar-refractivity contribution in [2.45, 2.75) is 24.2 Å². The number of pyridine rings is 1. The number of β-amino-alcohol motifs (C(OH)–C–C–N with tert-alkyl or cyclic N) is 1. The van der Waals surface area contributed by atoms with E-state index in [9.17, 15) is 13.5 Å². The lowest BCUT2D eigenvalue weighted by molar-refractivity contribution is 0.141. The highest BCUT2D eigenvalue weighted by atomic mass is 35.5. The average Bonchev–Trinajstić information content (AvgIpc) is 3.67. The van der Waals surface area contributed by atoms with Gasteiger partial charge in [-0.2, -0.15) is 9.97 Å². The van der Waals surface area contributed by atoms with Crippen LogP contribution < -0.4 is 25.0 Å². The van der Waals surface area contributed by atoms with E-state index in [2.05, 4.69) is 30.3 Å². The summed E-state index contributed by atoms with van der Waals surface area (Å²) in [6.45, 7) is 1.05. The second-order valence-corrected chi connectivity index (χ2v) is 10.7. The molecule has 35 heavy (non-hydrogen) atoms. The molecule has 2 aromatic heterocycles. The van der Waals surface area contributed by atoms with Crippen molar-refractivity contribution >= 4 is 56.3 Å². The summed E-state index contributed by atoms with van der Waals surface area (Å²) in [5.74, 6) is 1.57. The Hall–Kier alpha value is -3.35. The maximum absolute atomic E-state index is 12.4. The van der Waals surface area contributed by atoms with E-state index in [1.54, 1.807) is 30.3 Å². The molecule has 0 amide bonds. The predicted octanol–water partition coefficient (Wildman–Crippen LogP) is 3.11. The van der Waals surface area contributed by atoms with E-state index in [-0.39, 0.29) is 22.3 Å². The van der Waals surface area contributed by atoms with Crippen LogP contribution in [0.5, 0.6) is 5.88 Å². The molecule has 13 heteroatoms. The van der Waals surface area contributed by atoms with Gasteiger partial charge in [0.1, 0.15) is 16.5 Å². The Morgan fingerprint density at radius 2 is 1.80 bits per heavy atom. The lowest BCUT2D eigenvalue weighted by Gasteiger charge is -2.36. The van der Waals surface area contributed by atoms with Crippen molar-refractivity contribution in [3.05, 3.63) is 47.6 Å². The third-order valence-corrected chi connectivity index (χ3v) is 7.74. The van der Waals surface area contributed by atoms with E-state index in [0.717, 1.165) is 0 Å². The molecule has 4 N–H and O–H groups in total. The molecule has 0 spiro atoms. The van der Waals surface area contributed by atoms with E-state index < -0.39 is 10.0 Å². The van der Waals surface area contributed by atoms with Crippen LogP contribution in [0.4, 0.5) is 34.6 Å². The Morgan fingerprint density at radius 3 is 2.49 bits per heavy atom. The summed E-state index contributed by atoms with van der Waals surface area (Å²) in [4.78, 5) is 15.1. The van der Waals surface area contributed by atoms with Crippen LogP contribution in [0.1, 0.15) is 12.8 Å². The monoisotopic (exact) mass is 517 g/mol. The predicted molar refractivity (Wildman–Crippen MR) is 135 cm³/mol. The Labute approximate surface area is 207 Å². The molecule has 3 heterocycles. The van der Waals surface area contributed by atoms with Crippen LogP contribution in [0.2, 0.25) is 5.02 Å². The van der Waals surface area contributed by atoms with Crippen molar-refractivity contribution in [1.29, 1.82) is 0 Å². The third-order valence-electron chi connectivity index (χ3n) is 5.61. The zero-order chi connectivity index (χ0) is 24.6. The molecule has 1 aliphatic carbocycles. The van der Waals surface area contributed by atoms with E-state index >= 15 is 0 Å². The first-order valence-electron chi connectivity index (χ1n) is 11.0. The van der Waals surface area contributed by atoms with Crippen LogP contribution in [0.3, 0.4) is 0 Å². The summed E-state index contributed by atoms with van der Waals surface area (Å²) in [6, 6.07) is 10.5. The summed E-state index contributed by atoms with van der Waals surface area (Å²) in [6.07, 6.45) is 2.42. The van der Waals surface area contributed by atoms with Crippen LogP contribution in [0.25, 0.3) is 0 Å². The SMILES string of the molecule is COc1nc(N2CC(O)C2)ccc1Nc1ncc(Cl)c(Nc2ccccc2NS(=O)(=O)C2CC2)n1. The summed E-state index contributed by atoms with van der Waals surface area (Å²) < 4.78 is 32.9. The van der Waals surface area contributed by atoms with Gasteiger partial charge in [0.15, 0.2) is 5.82 Å². The minimum Gasteiger partial charge on any atom is -0.479 e. The number of ether oxygens (including phenoxy) is 1. The Morgan fingerprint density at radius 1 is 1.06 bits per heavy atom. The van der Waals surface area contributed by atoms with Gasteiger partial charge in [0.2, 0.25) is 21.9 Å². The maximum Gasteiger partial charge on any atom is 0.239 e. The average molecular weight is 518 g/mol. The number of hydrogen-bond acceptors (Lipinski definition) is 10. The Kier molecular flexibility index (Phi) is 6.26. The quantitative estimate of drug-likeness (QED) is 0.334. The number of anilines is 6. The van der Waals surface area contributed by atoms with Gasteiger partial charge in [-0.3, -0.25) is 4.72 Å². The standard InChI is InChI=1S/C22H24ClN7O4S/c1-34-21-18(8-9-19(27-21)30-11-13(31)12-30)26-22-24-10-15(23)20(28-22)25-16-4-2-3-5-17(16)29-35(32,33)14-6-7-14/h2-5,8-10,13-14,29,31H,6-7,11-12H2,1H3,(H2,24,25,26,28). The van der Waals surface area contributed by atoms with Crippen molar-refractivity contribution in [2.75, 3.05) is 40.5 Å². The van der Waals surface area contributed by atoms with E-state index in [1.807, 2.05) is 11.0 Å². The third kappa shape index (κ3) is 5.19. The van der Waals surface area contributed by atoms with Crippen molar-refractivity contribution in [2.24, 2.45) is 0 Å². The highest BCUT2D eigenvalue weighted by Gasteiger charge is 2.36. The smallest absolute Gasteiger partial charge is 0.239 e. The summed E-state index contributed by atoms with van der Waals surface area (Å²) in [5.41, 5.74) is 1.45. The molecule has 0 atom stereocenters. The lowest BCUT2D eigenvalue weighted by Crippen LogP contribution is -2.51. The van der Waals surface area contributed by atoms with Crippen LogP contribution in [-0.2, 0) is 10.0 Å². The number of sulfonamides is 1. The first kappa shape index (κ1) is 23.4. The fourth-order valence-electron chi connectivity index (χ4n) is 3.56. The van der Waals surface area contributed by atoms with Crippen molar-refractivity contribution in [3.8, 4) is 5.88 Å². The second kappa shape index (κ2) is 9.36. The molecular weight excluding hydrogens is 494 g/mol. The van der Waals surface area contributed by atoms with Gasteiger partial charge < -0.3 is 25.4 Å². The number of hydrogen-bond donors (Lipinski definition) is 4. The number of aliphatic hydroxyl groups is 1. The molecule has 3 aromatic rings. The molecule has 0 unspecified atom stereocenters. The molecule has 0 radical (unpaired) electrons. The molecule has 5 rings (SSSR count). The highest BCUT2D eigenvalue weighted by molar-refractivity contribution is 7.93. The van der Waals surface area contributed by atoms with Gasteiger partial charge in [-0.15, -0.1) is 0 Å². The fourth-order valence-corrected chi connectivity index (χ4v) is 5.11. The van der Waals surface area contributed by atoms with E-state index in [4.69, 9.17) is 16.3 Å². The maximum atomic E-state index is 12.4. The van der Waals surface area contributed by atoms with Crippen LogP contribution >= 0.6 is 11.6 Å². The summed E-state index contributed by atoms with van der Waals surface area (Å²) in [5, 5.41) is 15.6. The minimum atomic E-state index is -3.44. The number of benzene rings is 1. The number of aromatic nitrogens is 3. The number of nitrogens with one attached hydrogen (secondary N) is 3. The molecule has 1 aromatic carbocycles. The zero-order valence-corrected chi connectivity index (χ0v) is 20.3. The number of para-hydroxylation sites is 2. The number of halogens is 1. The zero-order valence-electron chi connectivity index (χ0n) is 18.8. The number of aliphatic hydroxyl groups excluding tert-OH is 1. The lowest BCUT2D eigenvalue weighted by atomic mass is 10.2. The van der Waals surface area contributed by atoms with Crippen molar-refractivity contribution in [1.82, 2.24) is 15.0 Å². The summed E-state index contributed by atoms with van der Waals surface area (Å²) in [7, 11) is -1.93. The molecule has 1 aliphatic heterocycles. The first-order valence-corrected chi connectivity index (χ1v) is 12.9. The Bertz CT molecular complexity index is 1350. The Balaban J connectivity index is 1.36. The first-order chi connectivity index (χ1) is 16.8. The molecule has 2 fully saturated rings. The van der Waals surface area contributed by atoms with Crippen LogP contribution in [0, 0.1) is 0 Å². The highest BCUT2D eigenvalue weighted by Crippen LogP contribution is 2.34. The van der Waals surface area contributed by atoms with Gasteiger partial charge in [-0.05, 0) is 37.1 Å². The number of nitrogens with zero attached hydrogens (tertiary/aromatic N) is 4. The number of rotatable bonds is 9. The number of methoxy groups -OCH3 is 1. The molecule has 0 bridgehead atoms. The van der Waals surface area contributed by atoms with Gasteiger partial charge in [0.05, 0.1) is 36.0 Å². The normalized spacial score (nSPS) is 15.9. The minimum absolute atomic E-state index is 0.236. The second-order valence-electron chi connectivity index (χ2n) is 8.32. The fraction of sp³-hybridized carbons (Fsp3) is 0.318. The van der Waals surface area contributed by atoms with E-state index in [0.29, 0.717) is 60.5 Å². The molecule has 184 valence electrons. The van der Waals surface area contributed by atoms with Crippen molar-refractivity contribution in [3.63, 3.8) is 0 Å². The van der Waals surface area contributed by atoms with E-state index in [1.165, 1.54) is 13.3 Å². The molecule has 11 nitrogen and oxygen atoms in total. The van der Waals surface area contributed by atoms with Gasteiger partial charge >= 0.3 is 0 Å². The van der Waals surface area contributed by atoms with Gasteiger partial charge in [0, 0.05) is 13.1 Å². The summed E-state index contributed by atoms with van der Waals surface area (Å²) >= 11 is 6.33. The van der Waals surface area contributed by atoms with Gasteiger partial charge in [-0.25, -0.2) is 13.4 Å². The van der Waals surface area contributed by atoms with Crippen LogP contribution in [0.15, 0.2) is 42.6 Å². The van der Waals surface area contributed by atoms with Crippen LogP contribution in [-0.4, -0.2) is 60.0 Å². The van der Waals surface area contributed by atoms with Gasteiger partial charge in [-0.1, -0.05) is 23.7 Å². The molecule has 1 saturated carbocycles. The largest absolute Gasteiger partial charge is 0.479 e. The van der Waals surface area contributed by atoms with Crippen molar-refractivity contribution < 1.29 is 18.3 Å². The van der Waals surface area contributed by atoms with Gasteiger partial charge in [0.25, 0.3) is 0 Å². The topological polar surface area (TPSA) is 142 Å². The molecule has 2 aliphatic rings.